The maximum absolute atomic E-state index is 12.6. The summed E-state index contributed by atoms with van der Waals surface area (Å²) in [4.78, 5) is 0. The van der Waals surface area contributed by atoms with Gasteiger partial charge in [0.25, 0.3) is 0 Å². The van der Waals surface area contributed by atoms with Crippen molar-refractivity contribution in [1.29, 1.82) is 0 Å². The van der Waals surface area contributed by atoms with E-state index in [0.29, 0.717) is 0 Å². The molecule has 83 heavy (non-hydrogen) atoms. The predicted octanol–water partition coefficient (Wildman–Crippen LogP) is -8.17. The van der Waals surface area contributed by atoms with Gasteiger partial charge in [-0.2, -0.15) is 67.3 Å². The third-order valence-electron chi connectivity index (χ3n) is 11.8. The van der Waals surface area contributed by atoms with Crippen LogP contribution in [0.5, 0.6) is 0 Å². The van der Waals surface area contributed by atoms with E-state index in [-0.39, 0.29) is 0 Å². The fraction of sp³-hybridized carbons (Fsp3) is 1.00. The minimum absolute atomic E-state index is 0.758. The normalized spacial score (nSPS) is 41.3. The second kappa shape index (κ2) is 26.5. The molecule has 5 rings (SSSR count). The Morgan fingerprint density at radius 2 is 0.434 bits per heavy atom. The largest absolute Gasteiger partial charge is 0.397 e. The first-order valence-corrected chi connectivity index (χ1v) is 33.1. The summed E-state index contributed by atoms with van der Waals surface area (Å²) in [6.45, 7) is 4.31. The zero-order chi connectivity index (χ0) is 63.5. The van der Waals surface area contributed by atoms with Crippen molar-refractivity contribution in [2.45, 2.75) is 188 Å². The van der Waals surface area contributed by atoms with Gasteiger partial charge in [0.1, 0.15) is 61.0 Å². The van der Waals surface area contributed by atoms with Crippen molar-refractivity contribution < 1.29 is 200 Å². The molecule has 5 aliphatic heterocycles. The molecular weight excluding hydrogens is 1340 g/mol. The van der Waals surface area contributed by atoms with Crippen molar-refractivity contribution in [3.8, 4) is 0 Å². The van der Waals surface area contributed by atoms with Crippen molar-refractivity contribution in [1.82, 2.24) is 0 Å². The number of hydrogen-bond donors (Lipinski definition) is 12. The van der Waals surface area contributed by atoms with Gasteiger partial charge in [-0.25, -0.2) is 33.5 Å². The molecule has 0 aromatic carbocycles. The second-order valence-corrected chi connectivity index (χ2v) is 26.2. The molecule has 5 aliphatic rings. The topological polar surface area (TPSA) is 673 Å². The molecule has 0 aliphatic carbocycles. The first kappa shape index (κ1) is 72.2. The lowest BCUT2D eigenvalue weighted by Gasteiger charge is -2.50. The highest BCUT2D eigenvalue weighted by molar-refractivity contribution is 7.82. The van der Waals surface area contributed by atoms with Crippen molar-refractivity contribution in [2.75, 3.05) is 0 Å². The number of aliphatic hydroxyl groups is 4. The fourth-order valence-corrected chi connectivity index (χ4v) is 12.5. The summed E-state index contributed by atoms with van der Waals surface area (Å²) in [6.07, 6.45) is -64.0. The van der Waals surface area contributed by atoms with Crippen LogP contribution in [-0.4, -0.2) is 278 Å². The smallest absolute Gasteiger partial charge is 0.388 e. The molecule has 53 heteroatoms. The van der Waals surface area contributed by atoms with Gasteiger partial charge in [0.2, 0.25) is 0 Å². The van der Waals surface area contributed by atoms with Gasteiger partial charge in [-0.3, -0.25) is 36.4 Å². The predicted molar refractivity (Wildman–Crippen MR) is 243 cm³/mol. The summed E-state index contributed by atoms with van der Waals surface area (Å²) in [5.41, 5.74) is 0. The molecule has 490 valence electrons. The highest BCUT2D eigenvalue weighted by atomic mass is 32.3. The van der Waals surface area contributed by atoms with Crippen molar-refractivity contribution >= 4 is 83.2 Å². The summed E-state index contributed by atoms with van der Waals surface area (Å²) >= 11 is 0. The number of ether oxygens (including phenoxy) is 9. The Labute approximate surface area is 469 Å². The van der Waals surface area contributed by atoms with E-state index in [9.17, 15) is 124 Å². The van der Waals surface area contributed by atoms with Gasteiger partial charge in [0.15, 0.2) is 62.0 Å². The standard InChI is InChI=1S/C30H52O45S8/c1-6-11(31)16(66-29-24(74-82(53,54)55)18(68-76(35,36)37)13(33)8(3)62-29)22(72-80(47,48)49)28(61-6)65-15-10(5)63-30(25(75-83(56,57)58)20(15)70-78(41,42)43)67-17-12(32)7(2)60-27(23(17)73-81(50,51)52)64-14-9(4)59-26(34)21(71-79(44,45)46)19(14)69-77(38,39)40/h6-34H,1-5H3,(H,35,36,37)(H,38,39,40)(H,41,42,43)(H,44,45,46)(H,47,48,49)(H,50,51,52)(H,53,54,55)(H,56,57,58)/t6?,7?,8?,9?,10?,11-,12-,13-,14-,15-,16+,17+,18+,19+,20+,21?,22?,23?,24?,25?,26-,27+,28+,29+,30+/m1/s1. The van der Waals surface area contributed by atoms with Crippen LogP contribution in [0.3, 0.4) is 0 Å². The minimum atomic E-state index is -6.16. The average molecular weight is 1390 g/mol. The van der Waals surface area contributed by atoms with Crippen LogP contribution in [0.2, 0.25) is 0 Å². The van der Waals surface area contributed by atoms with E-state index < -0.39 is 237 Å². The molecule has 0 amide bonds. The lowest BCUT2D eigenvalue weighted by molar-refractivity contribution is -0.381. The summed E-state index contributed by atoms with van der Waals surface area (Å²) < 4.78 is 358. The highest BCUT2D eigenvalue weighted by Gasteiger charge is 2.61. The first-order valence-electron chi connectivity index (χ1n) is 22.2. The number of hydrogen-bond acceptors (Lipinski definition) is 37. The third kappa shape index (κ3) is 20.8. The van der Waals surface area contributed by atoms with Gasteiger partial charge in [-0.1, -0.05) is 0 Å². The molecule has 0 aromatic heterocycles. The van der Waals surface area contributed by atoms with E-state index >= 15 is 0 Å². The summed E-state index contributed by atoms with van der Waals surface area (Å²) in [7, 11) is -47.5. The highest BCUT2D eigenvalue weighted by Crippen LogP contribution is 2.40. The molecule has 0 bridgehead atoms. The monoisotopic (exact) mass is 1390 g/mol. The Kier molecular flexibility index (Phi) is 23.0. The zero-order valence-corrected chi connectivity index (χ0v) is 48.1. The average Bonchev–Trinajstić information content (AvgIpc) is 2.88. The van der Waals surface area contributed by atoms with Crippen LogP contribution in [0, 0.1) is 0 Å². The molecule has 45 nitrogen and oxygen atoms in total. The van der Waals surface area contributed by atoms with Crippen LogP contribution < -0.4 is 0 Å². The van der Waals surface area contributed by atoms with E-state index in [4.69, 9.17) is 42.6 Å². The van der Waals surface area contributed by atoms with Gasteiger partial charge < -0.3 is 63.1 Å². The molecule has 12 N–H and O–H groups in total. The molecular formula is C30H52O45S8. The molecule has 0 aromatic rings. The molecule has 0 radical (unpaired) electrons. The Morgan fingerprint density at radius 3 is 0.735 bits per heavy atom. The number of rotatable bonds is 24. The fourth-order valence-electron chi connectivity index (χ4n) is 8.63. The molecule has 5 heterocycles. The van der Waals surface area contributed by atoms with Crippen LogP contribution in [0.25, 0.3) is 0 Å². The molecule has 5 fully saturated rings. The third-order valence-corrected chi connectivity index (χ3v) is 15.5. The second-order valence-electron chi connectivity index (χ2n) is 17.9. The van der Waals surface area contributed by atoms with Gasteiger partial charge in [0.05, 0.1) is 30.5 Å². The van der Waals surface area contributed by atoms with Gasteiger partial charge in [-0.05, 0) is 34.6 Å². The van der Waals surface area contributed by atoms with Gasteiger partial charge in [0, 0.05) is 0 Å². The summed E-state index contributed by atoms with van der Waals surface area (Å²) in [5, 5.41) is 43.8. The van der Waals surface area contributed by atoms with E-state index in [1.807, 2.05) is 0 Å². The van der Waals surface area contributed by atoms with E-state index in [2.05, 4.69) is 33.5 Å². The van der Waals surface area contributed by atoms with Crippen molar-refractivity contribution in [2.24, 2.45) is 0 Å². The van der Waals surface area contributed by atoms with Gasteiger partial charge >= 0.3 is 83.2 Å². The van der Waals surface area contributed by atoms with E-state index in [1.165, 1.54) is 0 Å². The SMILES string of the molecule is CC1O[C@@H](O[C@@H]2C(C)O[C@@H](O[C@@H]3C(OS(=O)(=O)O)[C@H](O[C@@H]4C(C)O[C@@H](O)C(OS(=O)(=O)O)[C@H]4OS(=O)(=O)O)OC(C)[C@H]3O)C(OS(=O)(=O)O)[C@H]2OS(=O)(=O)O)C(OS(=O)(=O)O)[C@@H](O[C@@H]2OC(C)[C@@H](O)[C@H](OS(=O)(=O)O)C2OS(=O)(=O)O)[C@@H]1O. The first-order chi connectivity index (χ1) is 37.3. The molecule has 0 spiro atoms. The van der Waals surface area contributed by atoms with Crippen LogP contribution in [0.4, 0.5) is 0 Å². The van der Waals surface area contributed by atoms with Crippen LogP contribution in [0.1, 0.15) is 34.6 Å². The lowest BCUT2D eigenvalue weighted by Crippen LogP contribution is -2.68. The Hall–Kier alpha value is -1.56. The minimum Gasteiger partial charge on any atom is -0.388 e. The molecule has 5 saturated heterocycles. The maximum atomic E-state index is 12.6. The van der Waals surface area contributed by atoms with Gasteiger partial charge in [-0.15, -0.1) is 0 Å². The summed E-state index contributed by atoms with van der Waals surface area (Å²) in [6, 6.07) is 0. The Bertz CT molecular complexity index is 3180. The quantitative estimate of drug-likeness (QED) is 0.0399. The lowest BCUT2D eigenvalue weighted by atomic mass is 9.96. The molecule has 10 unspecified atom stereocenters. The Morgan fingerprint density at radius 1 is 0.241 bits per heavy atom. The van der Waals surface area contributed by atoms with Crippen LogP contribution in [-0.2, 0) is 159 Å². The van der Waals surface area contributed by atoms with Crippen molar-refractivity contribution in [3.05, 3.63) is 0 Å². The maximum Gasteiger partial charge on any atom is 0.397 e. The molecule has 25 atom stereocenters. The van der Waals surface area contributed by atoms with Crippen molar-refractivity contribution in [3.63, 3.8) is 0 Å². The van der Waals surface area contributed by atoms with Crippen LogP contribution >= 0.6 is 0 Å². The van der Waals surface area contributed by atoms with E-state index in [1.54, 1.807) is 0 Å². The molecule has 0 saturated carbocycles. The summed E-state index contributed by atoms with van der Waals surface area (Å²) in [5.74, 6) is 0. The van der Waals surface area contributed by atoms with Crippen LogP contribution in [0.15, 0.2) is 0 Å². The van der Waals surface area contributed by atoms with E-state index in [0.717, 1.165) is 34.6 Å². The number of aliphatic hydroxyl groups excluding tert-OH is 4. The Balaban J connectivity index is 1.60. The zero-order valence-electron chi connectivity index (χ0n) is 41.5.